The molecule has 0 aromatic heterocycles. The van der Waals surface area contributed by atoms with Gasteiger partial charge in [0.2, 0.25) is 0 Å². The minimum absolute atomic E-state index is 0.0537. The minimum Gasteiger partial charge on any atom is -0.486 e. The van der Waals surface area contributed by atoms with Gasteiger partial charge in [0.05, 0.1) is 5.56 Å². The topological polar surface area (TPSA) is 38.8 Å². The van der Waals surface area contributed by atoms with Crippen molar-refractivity contribution in [2.45, 2.75) is 12.8 Å². The minimum atomic E-state index is 0.0537. The third kappa shape index (κ3) is 2.64. The van der Waals surface area contributed by atoms with Gasteiger partial charge in [0, 0.05) is 18.4 Å². The van der Waals surface area contributed by atoms with Crippen molar-refractivity contribution in [2.24, 2.45) is 5.92 Å². The Hall–Kier alpha value is -1.23. The molecule has 0 spiro atoms. The van der Waals surface area contributed by atoms with Crippen molar-refractivity contribution in [2.75, 3.05) is 31.6 Å². The molecule has 0 aliphatic carbocycles. The average molecular weight is 340 g/mol. The van der Waals surface area contributed by atoms with Crippen LogP contribution in [0.25, 0.3) is 0 Å². The van der Waals surface area contributed by atoms with Crippen molar-refractivity contribution in [1.29, 1.82) is 0 Å². The van der Waals surface area contributed by atoms with Gasteiger partial charge in [-0.3, -0.25) is 4.79 Å². The zero-order chi connectivity index (χ0) is 13.9. The maximum atomic E-state index is 12.7. The van der Waals surface area contributed by atoms with Gasteiger partial charge in [-0.2, -0.15) is 0 Å². The molecular formula is C15H18BrNO3. The molecular weight excluding hydrogens is 322 g/mol. The van der Waals surface area contributed by atoms with Gasteiger partial charge in [0.25, 0.3) is 5.91 Å². The number of halogens is 1. The summed E-state index contributed by atoms with van der Waals surface area (Å²) < 4.78 is 11.2. The standard InChI is InChI=1S/C15H18BrNO3/c16-9-11-3-2-6-17(10-11)15(18)12-4-1-5-13-14(12)20-8-7-19-13/h1,4-5,11H,2-3,6-10H2. The number of carbonyl (C=O) groups is 1. The molecule has 2 aliphatic rings. The summed E-state index contributed by atoms with van der Waals surface area (Å²) >= 11 is 3.52. The summed E-state index contributed by atoms with van der Waals surface area (Å²) in [5.41, 5.74) is 0.623. The molecule has 1 atom stereocenters. The quantitative estimate of drug-likeness (QED) is 0.777. The zero-order valence-corrected chi connectivity index (χ0v) is 12.9. The van der Waals surface area contributed by atoms with E-state index in [2.05, 4.69) is 15.9 Å². The highest BCUT2D eigenvalue weighted by Gasteiger charge is 2.27. The number of benzene rings is 1. The second-order valence-electron chi connectivity index (χ2n) is 5.24. The van der Waals surface area contributed by atoms with Crippen molar-refractivity contribution in [1.82, 2.24) is 4.90 Å². The Balaban J connectivity index is 1.83. The maximum absolute atomic E-state index is 12.7. The molecule has 1 aromatic rings. The molecule has 5 heteroatoms. The van der Waals surface area contributed by atoms with Crippen molar-refractivity contribution in [3.63, 3.8) is 0 Å². The van der Waals surface area contributed by atoms with Crippen LogP contribution in [0.1, 0.15) is 23.2 Å². The summed E-state index contributed by atoms with van der Waals surface area (Å²) in [7, 11) is 0. The fourth-order valence-corrected chi connectivity index (χ4v) is 3.32. The second kappa shape index (κ2) is 6.04. The second-order valence-corrected chi connectivity index (χ2v) is 5.89. The van der Waals surface area contributed by atoms with Crippen LogP contribution >= 0.6 is 15.9 Å². The number of piperidine rings is 1. The van der Waals surface area contributed by atoms with Gasteiger partial charge >= 0.3 is 0 Å². The predicted molar refractivity (Wildman–Crippen MR) is 79.9 cm³/mol. The molecule has 1 saturated heterocycles. The van der Waals surface area contributed by atoms with Gasteiger partial charge in [-0.1, -0.05) is 22.0 Å². The summed E-state index contributed by atoms with van der Waals surface area (Å²) in [6, 6.07) is 5.53. The summed E-state index contributed by atoms with van der Waals surface area (Å²) in [4.78, 5) is 14.6. The van der Waals surface area contributed by atoms with Crippen LogP contribution in [0.2, 0.25) is 0 Å². The molecule has 1 aromatic carbocycles. The van der Waals surface area contributed by atoms with Crippen molar-refractivity contribution < 1.29 is 14.3 Å². The molecule has 3 rings (SSSR count). The van der Waals surface area contributed by atoms with E-state index in [1.807, 2.05) is 23.1 Å². The van der Waals surface area contributed by atoms with E-state index in [4.69, 9.17) is 9.47 Å². The average Bonchev–Trinajstić information content (AvgIpc) is 2.53. The van der Waals surface area contributed by atoms with Crippen molar-refractivity contribution >= 4 is 21.8 Å². The molecule has 4 nitrogen and oxygen atoms in total. The number of ether oxygens (including phenoxy) is 2. The molecule has 108 valence electrons. The highest BCUT2D eigenvalue weighted by molar-refractivity contribution is 9.09. The Kier molecular flexibility index (Phi) is 4.15. The first kappa shape index (κ1) is 13.7. The third-order valence-electron chi connectivity index (χ3n) is 3.82. The highest BCUT2D eigenvalue weighted by atomic mass is 79.9. The Morgan fingerprint density at radius 3 is 3.05 bits per heavy atom. The van der Waals surface area contributed by atoms with E-state index in [1.54, 1.807) is 0 Å². The fraction of sp³-hybridized carbons (Fsp3) is 0.533. The molecule has 0 radical (unpaired) electrons. The van der Waals surface area contributed by atoms with E-state index in [9.17, 15) is 4.79 Å². The van der Waals surface area contributed by atoms with E-state index in [-0.39, 0.29) is 5.91 Å². The van der Waals surface area contributed by atoms with Gasteiger partial charge in [-0.15, -0.1) is 0 Å². The van der Waals surface area contributed by atoms with E-state index in [1.165, 1.54) is 6.42 Å². The molecule has 2 aliphatic heterocycles. The van der Waals surface area contributed by atoms with Crippen LogP contribution in [0.4, 0.5) is 0 Å². The lowest BCUT2D eigenvalue weighted by Gasteiger charge is -2.32. The number of hydrogen-bond donors (Lipinski definition) is 0. The molecule has 1 amide bonds. The smallest absolute Gasteiger partial charge is 0.257 e. The molecule has 20 heavy (non-hydrogen) atoms. The van der Waals surface area contributed by atoms with Crippen LogP contribution in [0.15, 0.2) is 18.2 Å². The Morgan fingerprint density at radius 1 is 1.35 bits per heavy atom. The van der Waals surface area contributed by atoms with Gasteiger partial charge in [-0.25, -0.2) is 0 Å². The summed E-state index contributed by atoms with van der Waals surface area (Å²) in [6.07, 6.45) is 2.25. The monoisotopic (exact) mass is 339 g/mol. The largest absolute Gasteiger partial charge is 0.486 e. The number of amides is 1. The number of para-hydroxylation sites is 1. The number of fused-ring (bicyclic) bond motifs is 1. The van der Waals surface area contributed by atoms with E-state index in [0.29, 0.717) is 36.2 Å². The third-order valence-corrected chi connectivity index (χ3v) is 4.74. The number of rotatable bonds is 2. The SMILES string of the molecule is O=C(c1cccc2c1OCCO2)N1CCCC(CBr)C1. The number of likely N-dealkylation sites (tertiary alicyclic amines) is 1. The van der Waals surface area contributed by atoms with E-state index >= 15 is 0 Å². The Morgan fingerprint density at radius 2 is 2.20 bits per heavy atom. The first-order valence-corrected chi connectivity index (χ1v) is 8.15. The lowest BCUT2D eigenvalue weighted by molar-refractivity contribution is 0.0676. The van der Waals surface area contributed by atoms with Gasteiger partial charge in [0.1, 0.15) is 13.2 Å². The fourth-order valence-electron chi connectivity index (χ4n) is 2.79. The Bertz CT molecular complexity index is 506. The molecule has 2 heterocycles. The van der Waals surface area contributed by atoms with E-state index < -0.39 is 0 Å². The lowest BCUT2D eigenvalue weighted by Crippen LogP contribution is -2.40. The number of nitrogens with zero attached hydrogens (tertiary/aromatic N) is 1. The van der Waals surface area contributed by atoms with Crippen LogP contribution < -0.4 is 9.47 Å². The normalized spacial score (nSPS) is 21.6. The van der Waals surface area contributed by atoms with Crippen LogP contribution in [-0.4, -0.2) is 42.4 Å². The first-order chi connectivity index (χ1) is 9.79. The first-order valence-electron chi connectivity index (χ1n) is 7.03. The summed E-state index contributed by atoms with van der Waals surface area (Å²) in [6.45, 7) is 2.68. The van der Waals surface area contributed by atoms with Crippen LogP contribution in [0.3, 0.4) is 0 Å². The van der Waals surface area contributed by atoms with Crippen molar-refractivity contribution in [3.8, 4) is 11.5 Å². The van der Waals surface area contributed by atoms with Gasteiger partial charge in [-0.05, 0) is 30.9 Å². The van der Waals surface area contributed by atoms with Crippen molar-refractivity contribution in [3.05, 3.63) is 23.8 Å². The van der Waals surface area contributed by atoms with Gasteiger partial charge < -0.3 is 14.4 Å². The van der Waals surface area contributed by atoms with Crippen LogP contribution in [-0.2, 0) is 0 Å². The maximum Gasteiger partial charge on any atom is 0.257 e. The van der Waals surface area contributed by atoms with E-state index in [0.717, 1.165) is 24.8 Å². The molecule has 1 fully saturated rings. The Labute approximate surface area is 127 Å². The van der Waals surface area contributed by atoms with Gasteiger partial charge in [0.15, 0.2) is 11.5 Å². The molecule has 0 saturated carbocycles. The number of carbonyl (C=O) groups excluding carboxylic acids is 1. The molecule has 0 bridgehead atoms. The summed E-state index contributed by atoms with van der Waals surface area (Å²) in [5.74, 6) is 1.88. The number of alkyl halides is 1. The lowest BCUT2D eigenvalue weighted by atomic mass is 9.99. The van der Waals surface area contributed by atoms with Crippen LogP contribution in [0, 0.1) is 5.92 Å². The predicted octanol–water partition coefficient (Wildman–Crippen LogP) is 2.70. The molecule has 1 unspecified atom stereocenters. The zero-order valence-electron chi connectivity index (χ0n) is 11.3. The highest BCUT2D eigenvalue weighted by Crippen LogP contribution is 2.34. The summed E-state index contributed by atoms with van der Waals surface area (Å²) in [5, 5.41) is 0.948. The number of hydrogen-bond acceptors (Lipinski definition) is 3. The molecule has 0 N–H and O–H groups in total. The van der Waals surface area contributed by atoms with Crippen LogP contribution in [0.5, 0.6) is 11.5 Å².